The third-order valence-electron chi connectivity index (χ3n) is 7.47. The van der Waals surface area contributed by atoms with E-state index in [2.05, 4.69) is 11.1 Å². The zero-order chi connectivity index (χ0) is 24.1. The van der Waals surface area contributed by atoms with Crippen LogP contribution in [0.25, 0.3) is 22.4 Å². The van der Waals surface area contributed by atoms with Crippen LogP contribution in [0.1, 0.15) is 60.9 Å². The molecule has 3 aliphatic rings. The van der Waals surface area contributed by atoms with Crippen LogP contribution < -0.4 is 10.5 Å². The first-order chi connectivity index (χ1) is 16.9. The Morgan fingerprint density at radius 2 is 2.06 bits per heavy atom. The summed E-state index contributed by atoms with van der Waals surface area (Å²) in [6.45, 7) is 1.84. The molecule has 1 spiro atoms. The van der Waals surface area contributed by atoms with Crippen molar-refractivity contribution in [3.8, 4) is 34.2 Å². The van der Waals surface area contributed by atoms with Crippen molar-refractivity contribution in [2.24, 2.45) is 7.05 Å². The lowest BCUT2D eigenvalue weighted by molar-refractivity contribution is 0.227. The molecule has 1 aliphatic carbocycles. The zero-order valence-electron chi connectivity index (χ0n) is 19.2. The van der Waals surface area contributed by atoms with Gasteiger partial charge in [0.25, 0.3) is 0 Å². The van der Waals surface area contributed by atoms with Gasteiger partial charge in [0.05, 0.1) is 22.8 Å². The summed E-state index contributed by atoms with van der Waals surface area (Å²) >= 11 is 0. The lowest BCUT2D eigenvalue weighted by Crippen LogP contribution is -2.13. The fourth-order valence-electron chi connectivity index (χ4n) is 5.70. The summed E-state index contributed by atoms with van der Waals surface area (Å²) < 4.78 is 22.7. The number of hydrogen-bond acceptors (Lipinski definition) is 7. The topological polar surface area (TPSA) is 120 Å². The highest BCUT2D eigenvalue weighted by molar-refractivity contribution is 5.77. The van der Waals surface area contributed by atoms with Gasteiger partial charge in [-0.15, -0.1) is 0 Å². The summed E-state index contributed by atoms with van der Waals surface area (Å²) in [5, 5.41) is 24.3. The van der Waals surface area contributed by atoms with E-state index in [0.29, 0.717) is 28.3 Å². The Hall–Kier alpha value is -4.26. The fraction of sp³-hybridized carbons (Fsp3) is 0.320. The van der Waals surface area contributed by atoms with Gasteiger partial charge in [0.1, 0.15) is 23.7 Å². The van der Waals surface area contributed by atoms with Gasteiger partial charge in [-0.2, -0.15) is 25.4 Å². The van der Waals surface area contributed by atoms with Crippen LogP contribution in [0, 0.1) is 17.1 Å². The maximum atomic E-state index is 14.4. The van der Waals surface area contributed by atoms with Crippen molar-refractivity contribution in [1.29, 1.82) is 5.26 Å². The number of fused-ring (bicyclic) bond motifs is 8. The number of aryl methyl sites for hydroxylation is 1. The van der Waals surface area contributed by atoms with Gasteiger partial charge in [0, 0.05) is 35.5 Å². The number of halogens is 1. The molecular weight excluding hydrogens is 447 g/mol. The number of anilines is 1. The molecule has 4 aromatic rings. The van der Waals surface area contributed by atoms with Gasteiger partial charge < -0.3 is 10.5 Å². The standard InChI is InChI=1S/C25H21FN8O/c1-12-16-8-14(26)3-4-15(16)21-22(32-33(2)31-21)17-9-25(5-6-25)34-23(17)20(18(10-27)30-34)13-7-19(35-12)24(28)29-11-13/h3-4,7-8,11-12,17H,5-6,9H2,1-2H3,(H2,28,29)/t12-,17?/m1/s1. The van der Waals surface area contributed by atoms with Gasteiger partial charge in [0.2, 0.25) is 0 Å². The normalized spacial score (nSPS) is 20.6. The Bertz CT molecular complexity index is 1590. The third kappa shape index (κ3) is 2.72. The van der Waals surface area contributed by atoms with Crippen LogP contribution >= 0.6 is 0 Å². The number of pyridine rings is 1. The second kappa shape index (κ2) is 6.66. The van der Waals surface area contributed by atoms with Crippen LogP contribution in [-0.4, -0.2) is 29.8 Å². The molecule has 5 heterocycles. The lowest BCUT2D eigenvalue weighted by atomic mass is 9.88. The predicted octanol–water partition coefficient (Wildman–Crippen LogP) is 3.81. The number of rotatable bonds is 0. The number of nitrogens with zero attached hydrogens (tertiary/aromatic N) is 7. The highest BCUT2D eigenvalue weighted by atomic mass is 19.1. The number of nitrogen functional groups attached to an aromatic ring is 1. The molecule has 2 N–H and O–H groups in total. The van der Waals surface area contributed by atoms with E-state index in [1.54, 1.807) is 30.2 Å². The van der Waals surface area contributed by atoms with Crippen LogP contribution in [0.2, 0.25) is 0 Å². The highest BCUT2D eigenvalue weighted by Gasteiger charge is 2.56. The molecule has 0 radical (unpaired) electrons. The molecule has 0 amide bonds. The summed E-state index contributed by atoms with van der Waals surface area (Å²) in [5.41, 5.74) is 11.6. The molecule has 1 saturated carbocycles. The quantitative estimate of drug-likeness (QED) is 0.417. The Kier molecular flexibility index (Phi) is 3.83. The average Bonchev–Trinajstić information content (AvgIpc) is 3.21. The van der Waals surface area contributed by atoms with Crippen molar-refractivity contribution in [3.63, 3.8) is 0 Å². The second-order valence-electron chi connectivity index (χ2n) is 9.64. The van der Waals surface area contributed by atoms with Crippen LogP contribution in [0.3, 0.4) is 0 Å². The molecule has 1 aromatic carbocycles. The first-order valence-electron chi connectivity index (χ1n) is 11.6. The van der Waals surface area contributed by atoms with Crippen LogP contribution in [0.15, 0.2) is 30.5 Å². The van der Waals surface area contributed by atoms with Gasteiger partial charge in [-0.1, -0.05) is 0 Å². The van der Waals surface area contributed by atoms with Gasteiger partial charge >= 0.3 is 0 Å². The van der Waals surface area contributed by atoms with Crippen molar-refractivity contribution in [1.82, 2.24) is 29.8 Å². The van der Waals surface area contributed by atoms with E-state index in [4.69, 9.17) is 25.8 Å². The molecule has 1 fully saturated rings. The summed E-state index contributed by atoms with van der Waals surface area (Å²) in [5.74, 6) is 0.0757. The number of nitrogens with two attached hydrogens (primary N) is 1. The van der Waals surface area contributed by atoms with Crippen LogP contribution in [0.5, 0.6) is 5.75 Å². The molecule has 0 saturated heterocycles. The summed E-state index contributed by atoms with van der Waals surface area (Å²) in [6, 6.07) is 8.69. The van der Waals surface area contributed by atoms with E-state index in [0.717, 1.165) is 41.8 Å². The smallest absolute Gasteiger partial charge is 0.170 e. The summed E-state index contributed by atoms with van der Waals surface area (Å²) in [7, 11) is 1.78. The minimum absolute atomic E-state index is 0.127. The van der Waals surface area contributed by atoms with Crippen molar-refractivity contribution in [2.45, 2.75) is 43.7 Å². The monoisotopic (exact) mass is 468 g/mol. The number of ether oxygens (including phenoxy) is 1. The largest absolute Gasteiger partial charge is 0.482 e. The SMILES string of the molecule is C[C@H]1Oc2cc(cnc2N)-c2c(C#N)nn3c2C(CC32CC2)c2nn(C)nc2-c2ccc(F)cc21. The van der Waals surface area contributed by atoms with Crippen LogP contribution in [0.4, 0.5) is 10.2 Å². The number of hydrogen-bond donors (Lipinski definition) is 1. The minimum Gasteiger partial charge on any atom is -0.482 e. The van der Waals surface area contributed by atoms with Gasteiger partial charge in [0.15, 0.2) is 17.3 Å². The maximum Gasteiger partial charge on any atom is 0.170 e. The van der Waals surface area contributed by atoms with E-state index in [9.17, 15) is 9.65 Å². The van der Waals surface area contributed by atoms with Gasteiger partial charge in [-0.3, -0.25) is 4.68 Å². The van der Waals surface area contributed by atoms with E-state index >= 15 is 0 Å². The van der Waals surface area contributed by atoms with Crippen molar-refractivity contribution in [3.05, 3.63) is 58.9 Å². The molecular formula is C25H21FN8O. The van der Waals surface area contributed by atoms with E-state index in [-0.39, 0.29) is 23.1 Å². The predicted molar refractivity (Wildman–Crippen MR) is 124 cm³/mol. The Morgan fingerprint density at radius 3 is 2.83 bits per heavy atom. The summed E-state index contributed by atoms with van der Waals surface area (Å²) in [6.07, 6.45) is 3.90. The molecule has 9 nitrogen and oxygen atoms in total. The molecule has 2 atom stereocenters. The minimum atomic E-state index is -0.551. The van der Waals surface area contributed by atoms with E-state index in [1.807, 2.05) is 11.6 Å². The summed E-state index contributed by atoms with van der Waals surface area (Å²) in [4.78, 5) is 5.91. The first-order valence-corrected chi connectivity index (χ1v) is 11.6. The third-order valence-corrected chi connectivity index (χ3v) is 7.47. The van der Waals surface area contributed by atoms with Crippen molar-refractivity contribution < 1.29 is 9.13 Å². The lowest BCUT2D eigenvalue weighted by Gasteiger charge is -2.21. The fourth-order valence-corrected chi connectivity index (χ4v) is 5.70. The molecule has 35 heavy (non-hydrogen) atoms. The molecule has 2 bridgehead atoms. The maximum absolute atomic E-state index is 14.4. The molecule has 10 heteroatoms. The first kappa shape index (κ1) is 20.1. The van der Waals surface area contributed by atoms with Gasteiger partial charge in [-0.25, -0.2) is 9.37 Å². The average molecular weight is 468 g/mol. The van der Waals surface area contributed by atoms with Gasteiger partial charge in [-0.05, 0) is 50.5 Å². The van der Waals surface area contributed by atoms with Crippen molar-refractivity contribution >= 4 is 5.82 Å². The molecule has 7 rings (SSSR count). The molecule has 174 valence electrons. The molecule has 2 aliphatic heterocycles. The van der Waals surface area contributed by atoms with Crippen LogP contribution in [-0.2, 0) is 12.6 Å². The second-order valence-corrected chi connectivity index (χ2v) is 9.64. The number of nitriles is 1. The molecule has 3 aromatic heterocycles. The Balaban J connectivity index is 1.60. The zero-order valence-corrected chi connectivity index (χ0v) is 19.2. The van der Waals surface area contributed by atoms with E-state index in [1.165, 1.54) is 12.1 Å². The number of benzene rings is 1. The van der Waals surface area contributed by atoms with Crippen molar-refractivity contribution in [2.75, 3.05) is 5.73 Å². The molecule has 1 unspecified atom stereocenters. The number of aromatic nitrogens is 6. The highest BCUT2D eigenvalue weighted by Crippen LogP contribution is 2.60. The van der Waals surface area contributed by atoms with E-state index < -0.39 is 6.10 Å². The Labute approximate surface area is 200 Å². The Morgan fingerprint density at radius 1 is 1.23 bits per heavy atom.